The van der Waals surface area contributed by atoms with Crippen LogP contribution in [0.15, 0.2) is 11.5 Å². The summed E-state index contributed by atoms with van der Waals surface area (Å²) in [5.41, 5.74) is 0. The van der Waals surface area contributed by atoms with Crippen molar-refractivity contribution in [1.29, 1.82) is 0 Å². The molecular weight excluding hydrogens is 148 g/mol. The third kappa shape index (κ3) is 6.32. The zero-order valence-corrected chi connectivity index (χ0v) is 7.89. The molecule has 54 valence electrons. The van der Waals surface area contributed by atoms with Crippen molar-refractivity contribution in [3.8, 4) is 0 Å². The molecule has 0 aliphatic heterocycles. The van der Waals surface area contributed by atoms with E-state index in [0.717, 1.165) is 5.25 Å². The molecule has 1 unspecified atom stereocenters. The Morgan fingerprint density at radius 1 is 1.56 bits per heavy atom. The van der Waals surface area contributed by atoms with Crippen LogP contribution in [-0.2, 0) is 0 Å². The molecule has 0 saturated carbocycles. The van der Waals surface area contributed by atoms with E-state index in [1.165, 1.54) is 6.42 Å². The molecule has 0 bridgehead atoms. The third-order valence-corrected chi connectivity index (χ3v) is 3.79. The summed E-state index contributed by atoms with van der Waals surface area (Å²) >= 11 is 0. The average Bonchev–Trinajstić information content (AvgIpc) is 1.89. The van der Waals surface area contributed by atoms with E-state index < -0.39 is 0 Å². The minimum absolute atomic E-state index is 0.784. The molecule has 2 heteroatoms. The highest BCUT2D eigenvalue weighted by atomic mass is 33.1. The molecule has 9 heavy (non-hydrogen) atoms. The smallest absolute Gasteiger partial charge is 0.0123 e. The SMILES string of the molecule is CC=CSSC(C)CC. The van der Waals surface area contributed by atoms with E-state index in [0.29, 0.717) is 0 Å². The number of rotatable bonds is 4. The number of hydrogen-bond acceptors (Lipinski definition) is 2. The Balaban J connectivity index is 3.06. The summed E-state index contributed by atoms with van der Waals surface area (Å²) in [5, 5.41) is 2.91. The molecule has 0 rings (SSSR count). The average molecular weight is 162 g/mol. The van der Waals surface area contributed by atoms with Gasteiger partial charge in [-0.3, -0.25) is 0 Å². The van der Waals surface area contributed by atoms with Crippen molar-refractivity contribution in [3.05, 3.63) is 11.5 Å². The van der Waals surface area contributed by atoms with Gasteiger partial charge in [0.2, 0.25) is 0 Å². The Morgan fingerprint density at radius 3 is 2.67 bits per heavy atom. The van der Waals surface area contributed by atoms with Crippen molar-refractivity contribution in [2.45, 2.75) is 32.4 Å². The quantitative estimate of drug-likeness (QED) is 0.578. The van der Waals surface area contributed by atoms with Gasteiger partial charge in [0.1, 0.15) is 0 Å². The predicted octanol–water partition coefficient (Wildman–Crippen LogP) is 3.70. The third-order valence-electron chi connectivity index (χ3n) is 0.986. The highest BCUT2D eigenvalue weighted by Gasteiger charge is 1.95. The van der Waals surface area contributed by atoms with E-state index >= 15 is 0 Å². The van der Waals surface area contributed by atoms with E-state index in [4.69, 9.17) is 0 Å². The lowest BCUT2D eigenvalue weighted by Gasteiger charge is -2.02. The van der Waals surface area contributed by atoms with Gasteiger partial charge in [-0.15, -0.1) is 0 Å². The van der Waals surface area contributed by atoms with E-state index in [9.17, 15) is 0 Å². The van der Waals surface area contributed by atoms with E-state index in [-0.39, 0.29) is 0 Å². The topological polar surface area (TPSA) is 0 Å². The standard InChI is InChI=1S/C7H14S2/c1-4-6-8-9-7(3)5-2/h4,6-7H,5H2,1-3H3. The molecule has 0 aromatic carbocycles. The zero-order chi connectivity index (χ0) is 7.11. The monoisotopic (exact) mass is 162 g/mol. The van der Waals surface area contributed by atoms with Crippen molar-refractivity contribution < 1.29 is 0 Å². The molecular formula is C7H14S2. The molecule has 0 fully saturated rings. The minimum atomic E-state index is 0.784. The van der Waals surface area contributed by atoms with Crippen molar-refractivity contribution in [3.63, 3.8) is 0 Å². The molecule has 0 aromatic heterocycles. The van der Waals surface area contributed by atoms with Gasteiger partial charge in [-0.1, -0.05) is 41.5 Å². The molecule has 0 aromatic rings. The minimum Gasteiger partial charge on any atom is -0.0864 e. The lowest BCUT2D eigenvalue weighted by molar-refractivity contribution is 0.912. The zero-order valence-electron chi connectivity index (χ0n) is 6.26. The van der Waals surface area contributed by atoms with Gasteiger partial charge in [0.25, 0.3) is 0 Å². The van der Waals surface area contributed by atoms with Crippen LogP contribution in [0.5, 0.6) is 0 Å². The molecule has 1 atom stereocenters. The van der Waals surface area contributed by atoms with Gasteiger partial charge in [0, 0.05) is 5.25 Å². The van der Waals surface area contributed by atoms with Crippen LogP contribution >= 0.6 is 21.6 Å². The molecule has 0 saturated heterocycles. The van der Waals surface area contributed by atoms with E-state index in [1.54, 1.807) is 0 Å². The van der Waals surface area contributed by atoms with Crippen molar-refractivity contribution >= 4 is 21.6 Å². The first-order valence-corrected chi connectivity index (χ1v) is 5.52. The van der Waals surface area contributed by atoms with Crippen LogP contribution in [-0.4, -0.2) is 5.25 Å². The fourth-order valence-corrected chi connectivity index (χ4v) is 2.25. The van der Waals surface area contributed by atoms with Gasteiger partial charge in [-0.05, 0) is 18.8 Å². The van der Waals surface area contributed by atoms with Gasteiger partial charge in [0.15, 0.2) is 0 Å². The molecule has 0 aliphatic rings. The number of hydrogen-bond donors (Lipinski definition) is 0. The van der Waals surface area contributed by atoms with Crippen LogP contribution in [0.1, 0.15) is 27.2 Å². The second-order valence-corrected chi connectivity index (χ2v) is 4.50. The molecule has 0 aliphatic carbocycles. The molecule has 0 spiro atoms. The van der Waals surface area contributed by atoms with Crippen LogP contribution in [0.4, 0.5) is 0 Å². The molecule has 0 amide bonds. The van der Waals surface area contributed by atoms with Gasteiger partial charge >= 0.3 is 0 Å². The molecule has 0 nitrogen and oxygen atoms in total. The van der Waals surface area contributed by atoms with Gasteiger partial charge in [-0.2, -0.15) is 0 Å². The van der Waals surface area contributed by atoms with Crippen molar-refractivity contribution in [2.75, 3.05) is 0 Å². The molecule has 0 heterocycles. The first-order valence-electron chi connectivity index (χ1n) is 3.24. The summed E-state index contributed by atoms with van der Waals surface area (Å²) in [5.74, 6) is 0. The Morgan fingerprint density at radius 2 is 2.22 bits per heavy atom. The van der Waals surface area contributed by atoms with Crippen LogP contribution < -0.4 is 0 Å². The first-order chi connectivity index (χ1) is 4.31. The fraction of sp³-hybridized carbons (Fsp3) is 0.714. The lowest BCUT2D eigenvalue weighted by atomic mass is 10.4. The Hall–Kier alpha value is 0.440. The second-order valence-electron chi connectivity index (χ2n) is 1.88. The Labute approximate surface area is 65.9 Å². The van der Waals surface area contributed by atoms with Crippen LogP contribution in [0.3, 0.4) is 0 Å². The summed E-state index contributed by atoms with van der Waals surface area (Å²) in [4.78, 5) is 0. The summed E-state index contributed by atoms with van der Waals surface area (Å²) in [7, 11) is 3.75. The number of allylic oxidation sites excluding steroid dienone is 1. The van der Waals surface area contributed by atoms with Gasteiger partial charge in [-0.25, -0.2) is 0 Å². The van der Waals surface area contributed by atoms with Gasteiger partial charge < -0.3 is 0 Å². The highest BCUT2D eigenvalue weighted by Crippen LogP contribution is 2.28. The van der Waals surface area contributed by atoms with Crippen molar-refractivity contribution in [2.24, 2.45) is 0 Å². The van der Waals surface area contributed by atoms with Crippen LogP contribution in [0.2, 0.25) is 0 Å². The Kier molecular flexibility index (Phi) is 6.88. The highest BCUT2D eigenvalue weighted by molar-refractivity contribution is 8.78. The largest absolute Gasteiger partial charge is 0.0864 e. The maximum atomic E-state index is 2.25. The maximum Gasteiger partial charge on any atom is 0.0123 e. The summed E-state index contributed by atoms with van der Waals surface area (Å²) in [6.07, 6.45) is 3.33. The van der Waals surface area contributed by atoms with Gasteiger partial charge in [0.05, 0.1) is 0 Å². The van der Waals surface area contributed by atoms with Crippen LogP contribution in [0, 0.1) is 0 Å². The molecule has 0 radical (unpaired) electrons. The summed E-state index contributed by atoms with van der Waals surface area (Å²) in [6, 6.07) is 0. The second kappa shape index (κ2) is 6.56. The van der Waals surface area contributed by atoms with Crippen molar-refractivity contribution in [1.82, 2.24) is 0 Å². The normalized spacial score (nSPS) is 14.6. The van der Waals surface area contributed by atoms with Crippen LogP contribution in [0.25, 0.3) is 0 Å². The first kappa shape index (κ1) is 9.44. The summed E-state index contributed by atoms with van der Waals surface area (Å²) in [6.45, 7) is 6.51. The molecule has 0 N–H and O–H groups in total. The van der Waals surface area contributed by atoms with E-state index in [1.807, 2.05) is 28.5 Å². The predicted molar refractivity (Wildman–Crippen MR) is 49.7 cm³/mol. The summed E-state index contributed by atoms with van der Waals surface area (Å²) < 4.78 is 0. The Bertz CT molecular complexity index is 79.0. The maximum absolute atomic E-state index is 2.25. The lowest BCUT2D eigenvalue weighted by Crippen LogP contribution is -1.86. The van der Waals surface area contributed by atoms with E-state index in [2.05, 4.69) is 25.3 Å². The fourth-order valence-electron chi connectivity index (χ4n) is 0.251.